The zero-order valence-electron chi connectivity index (χ0n) is 10.6. The van der Waals surface area contributed by atoms with Crippen LogP contribution in [0.3, 0.4) is 0 Å². The molecule has 3 N–H and O–H groups in total. The smallest absolute Gasteiger partial charge is 0.115 e. The normalized spacial score (nSPS) is 23.4. The lowest BCUT2D eigenvalue weighted by Crippen LogP contribution is -2.35. The van der Waals surface area contributed by atoms with Crippen molar-refractivity contribution in [3.05, 3.63) is 29.8 Å². The monoisotopic (exact) mass is 251 g/mol. The molecule has 1 aromatic carbocycles. The second kappa shape index (κ2) is 6.18. The molecular weight excluding hydrogens is 230 g/mol. The molecule has 0 aliphatic carbocycles. The van der Waals surface area contributed by atoms with Gasteiger partial charge in [0.05, 0.1) is 6.61 Å². The van der Waals surface area contributed by atoms with Gasteiger partial charge in [0.1, 0.15) is 5.75 Å². The molecule has 1 heterocycles. The first-order chi connectivity index (χ1) is 8.74. The number of phenolic OH excluding ortho intramolecular Hbond substituents is 1. The third kappa shape index (κ3) is 3.45. The number of benzene rings is 1. The summed E-state index contributed by atoms with van der Waals surface area (Å²) < 4.78 is 5.44. The first kappa shape index (κ1) is 13.3. The van der Waals surface area contributed by atoms with Gasteiger partial charge in [-0.05, 0) is 30.5 Å². The zero-order valence-corrected chi connectivity index (χ0v) is 10.6. The van der Waals surface area contributed by atoms with Gasteiger partial charge >= 0.3 is 0 Å². The van der Waals surface area contributed by atoms with Crippen molar-refractivity contribution in [2.24, 2.45) is 5.41 Å². The molecule has 4 nitrogen and oxygen atoms in total. The van der Waals surface area contributed by atoms with Crippen molar-refractivity contribution >= 4 is 0 Å². The molecule has 0 bridgehead atoms. The number of rotatable bonds is 6. The molecule has 1 aromatic rings. The Bertz CT molecular complexity index is 375. The standard InChI is InChI=1S/C14H21NO3/c16-6-4-14(5-7-18-11-14)10-15-9-12-2-1-3-13(17)8-12/h1-3,8,15-17H,4-7,9-11H2. The number of nitrogens with one attached hydrogen (secondary N) is 1. The van der Waals surface area contributed by atoms with Gasteiger partial charge in [0.25, 0.3) is 0 Å². The summed E-state index contributed by atoms with van der Waals surface area (Å²) in [6.45, 7) is 3.27. The molecule has 2 rings (SSSR count). The fourth-order valence-electron chi connectivity index (χ4n) is 2.45. The molecule has 0 amide bonds. The molecule has 1 saturated heterocycles. The van der Waals surface area contributed by atoms with E-state index in [9.17, 15) is 5.11 Å². The minimum Gasteiger partial charge on any atom is -0.508 e. The molecule has 1 aliphatic heterocycles. The summed E-state index contributed by atoms with van der Waals surface area (Å²) in [5.41, 5.74) is 1.14. The van der Waals surface area contributed by atoms with Gasteiger partial charge in [-0.3, -0.25) is 0 Å². The summed E-state index contributed by atoms with van der Waals surface area (Å²) in [7, 11) is 0. The van der Waals surface area contributed by atoms with Crippen LogP contribution in [0.15, 0.2) is 24.3 Å². The van der Waals surface area contributed by atoms with E-state index in [1.54, 1.807) is 12.1 Å². The number of aliphatic hydroxyl groups is 1. The first-order valence-electron chi connectivity index (χ1n) is 6.41. The van der Waals surface area contributed by atoms with Gasteiger partial charge in [0.15, 0.2) is 0 Å². The van der Waals surface area contributed by atoms with E-state index in [1.165, 1.54) is 0 Å². The summed E-state index contributed by atoms with van der Waals surface area (Å²) >= 11 is 0. The van der Waals surface area contributed by atoms with Gasteiger partial charge in [0, 0.05) is 31.7 Å². The molecule has 1 aliphatic rings. The Labute approximate surface area is 108 Å². The van der Waals surface area contributed by atoms with Crippen molar-refractivity contribution in [2.45, 2.75) is 19.4 Å². The molecule has 1 unspecified atom stereocenters. The largest absolute Gasteiger partial charge is 0.508 e. The Hall–Kier alpha value is -1.10. The van der Waals surface area contributed by atoms with Crippen molar-refractivity contribution in [1.29, 1.82) is 0 Å². The molecule has 1 atom stereocenters. The minimum absolute atomic E-state index is 0.0750. The van der Waals surface area contributed by atoms with E-state index in [0.29, 0.717) is 5.75 Å². The summed E-state index contributed by atoms with van der Waals surface area (Å²) in [6, 6.07) is 7.25. The summed E-state index contributed by atoms with van der Waals surface area (Å²) in [5, 5.41) is 21.9. The second-order valence-electron chi connectivity index (χ2n) is 5.05. The average Bonchev–Trinajstić information content (AvgIpc) is 2.79. The molecule has 4 heteroatoms. The Balaban J connectivity index is 1.83. The van der Waals surface area contributed by atoms with Crippen molar-refractivity contribution in [1.82, 2.24) is 5.32 Å². The van der Waals surface area contributed by atoms with E-state index in [4.69, 9.17) is 9.84 Å². The number of aliphatic hydroxyl groups excluding tert-OH is 1. The fraction of sp³-hybridized carbons (Fsp3) is 0.571. The Morgan fingerprint density at radius 1 is 1.39 bits per heavy atom. The maximum atomic E-state index is 9.38. The van der Waals surface area contributed by atoms with Crippen LogP contribution in [-0.4, -0.2) is 36.6 Å². The van der Waals surface area contributed by atoms with Crippen LogP contribution < -0.4 is 5.32 Å². The number of ether oxygens (including phenoxy) is 1. The van der Waals surface area contributed by atoms with Gasteiger partial charge in [-0.15, -0.1) is 0 Å². The highest BCUT2D eigenvalue weighted by Crippen LogP contribution is 2.31. The van der Waals surface area contributed by atoms with Crippen molar-refractivity contribution in [2.75, 3.05) is 26.4 Å². The third-order valence-corrected chi connectivity index (χ3v) is 3.57. The van der Waals surface area contributed by atoms with Crippen molar-refractivity contribution in [3.8, 4) is 5.75 Å². The lowest BCUT2D eigenvalue weighted by molar-refractivity contribution is 0.124. The molecule has 0 spiro atoms. The van der Waals surface area contributed by atoms with Crippen LogP contribution in [0, 0.1) is 5.41 Å². The second-order valence-corrected chi connectivity index (χ2v) is 5.05. The number of phenols is 1. The Morgan fingerprint density at radius 3 is 2.94 bits per heavy atom. The van der Waals surface area contributed by atoms with E-state index < -0.39 is 0 Å². The van der Waals surface area contributed by atoms with Crippen LogP contribution >= 0.6 is 0 Å². The predicted molar refractivity (Wildman–Crippen MR) is 69.4 cm³/mol. The van der Waals surface area contributed by atoms with Crippen LogP contribution in [0.4, 0.5) is 0 Å². The number of aromatic hydroxyl groups is 1. The molecule has 0 radical (unpaired) electrons. The predicted octanol–water partition coefficient (Wildman–Crippen LogP) is 1.27. The van der Waals surface area contributed by atoms with E-state index in [-0.39, 0.29) is 12.0 Å². The van der Waals surface area contributed by atoms with E-state index >= 15 is 0 Å². The number of hydrogen-bond acceptors (Lipinski definition) is 4. The Morgan fingerprint density at radius 2 is 2.28 bits per heavy atom. The lowest BCUT2D eigenvalue weighted by Gasteiger charge is -2.26. The quantitative estimate of drug-likeness (QED) is 0.712. The van der Waals surface area contributed by atoms with E-state index in [1.807, 2.05) is 12.1 Å². The van der Waals surface area contributed by atoms with Crippen molar-refractivity contribution in [3.63, 3.8) is 0 Å². The highest BCUT2D eigenvalue weighted by Gasteiger charge is 2.33. The maximum absolute atomic E-state index is 9.38. The maximum Gasteiger partial charge on any atom is 0.115 e. The number of hydrogen-bond donors (Lipinski definition) is 3. The average molecular weight is 251 g/mol. The third-order valence-electron chi connectivity index (χ3n) is 3.57. The van der Waals surface area contributed by atoms with Crippen LogP contribution in [-0.2, 0) is 11.3 Å². The minimum atomic E-state index is 0.0750. The summed E-state index contributed by atoms with van der Waals surface area (Å²) in [4.78, 5) is 0. The molecule has 1 fully saturated rings. The van der Waals surface area contributed by atoms with Crippen LogP contribution in [0.25, 0.3) is 0 Å². The highest BCUT2D eigenvalue weighted by molar-refractivity contribution is 5.26. The van der Waals surface area contributed by atoms with Crippen LogP contribution in [0.1, 0.15) is 18.4 Å². The van der Waals surface area contributed by atoms with E-state index in [2.05, 4.69) is 5.32 Å². The molecular formula is C14H21NO3. The topological polar surface area (TPSA) is 61.7 Å². The first-order valence-corrected chi connectivity index (χ1v) is 6.41. The molecule has 18 heavy (non-hydrogen) atoms. The fourth-order valence-corrected chi connectivity index (χ4v) is 2.45. The zero-order chi connectivity index (χ0) is 12.8. The van der Waals surface area contributed by atoms with E-state index in [0.717, 1.165) is 44.7 Å². The molecule has 100 valence electrons. The van der Waals surface area contributed by atoms with Gasteiger partial charge in [-0.1, -0.05) is 12.1 Å². The molecule has 0 aromatic heterocycles. The Kier molecular flexibility index (Phi) is 4.58. The molecule has 0 saturated carbocycles. The van der Waals surface area contributed by atoms with Crippen molar-refractivity contribution < 1.29 is 14.9 Å². The van der Waals surface area contributed by atoms with Gasteiger partial charge in [0.2, 0.25) is 0 Å². The summed E-state index contributed by atoms with van der Waals surface area (Å²) in [6.07, 6.45) is 1.78. The van der Waals surface area contributed by atoms with Crippen LogP contribution in [0.2, 0.25) is 0 Å². The van der Waals surface area contributed by atoms with Crippen LogP contribution in [0.5, 0.6) is 5.75 Å². The lowest BCUT2D eigenvalue weighted by atomic mass is 9.84. The SMILES string of the molecule is OCCC1(CNCc2cccc(O)c2)CCOC1. The van der Waals surface area contributed by atoms with Gasteiger partial charge < -0.3 is 20.3 Å². The highest BCUT2D eigenvalue weighted by atomic mass is 16.5. The van der Waals surface area contributed by atoms with Gasteiger partial charge in [-0.25, -0.2) is 0 Å². The summed E-state index contributed by atoms with van der Waals surface area (Å²) in [5.74, 6) is 0.295. The van der Waals surface area contributed by atoms with Gasteiger partial charge in [-0.2, -0.15) is 0 Å².